The van der Waals surface area contributed by atoms with E-state index in [1.54, 1.807) is 0 Å². The lowest BCUT2D eigenvalue weighted by Crippen LogP contribution is -1.98. The van der Waals surface area contributed by atoms with Crippen LogP contribution in [0.15, 0.2) is 251 Å². The summed E-state index contributed by atoms with van der Waals surface area (Å²) in [5, 5.41) is 15.6. The van der Waals surface area contributed by atoms with E-state index in [1.165, 1.54) is 64.6 Å². The maximum absolute atomic E-state index is 6.25. The zero-order valence-electron chi connectivity index (χ0n) is 40.7. The average molecular weight is 969 g/mol. The summed E-state index contributed by atoms with van der Waals surface area (Å²) < 4.78 is 12.4. The van der Waals surface area contributed by atoms with E-state index in [0.29, 0.717) is 17.6 Å². The predicted molar refractivity (Wildman–Crippen MR) is 312 cm³/mol. The summed E-state index contributed by atoms with van der Waals surface area (Å²) >= 11 is 0. The average Bonchev–Trinajstić information content (AvgIpc) is 4.21. The van der Waals surface area contributed by atoms with Crippen LogP contribution in [0.5, 0.6) is 0 Å². The number of hydrogen-bond donors (Lipinski definition) is 0. The summed E-state index contributed by atoms with van der Waals surface area (Å²) in [5.41, 5.74) is 12.6. The van der Waals surface area contributed by atoms with Crippen molar-refractivity contribution >= 4 is 97.7 Å². The van der Waals surface area contributed by atoms with Gasteiger partial charge in [-0.2, -0.15) is 0 Å². The highest BCUT2D eigenvalue weighted by Gasteiger charge is 2.21. The van der Waals surface area contributed by atoms with Crippen molar-refractivity contribution in [3.05, 3.63) is 243 Å². The molecule has 6 heteroatoms. The normalized spacial score (nSPS) is 11.9. The van der Waals surface area contributed by atoms with E-state index >= 15 is 0 Å². The molecule has 3 heterocycles. The zero-order valence-corrected chi connectivity index (χ0v) is 40.7. The molecule has 0 atom stereocenters. The summed E-state index contributed by atoms with van der Waals surface area (Å²) in [4.78, 5) is 20.8. The van der Waals surface area contributed by atoms with Gasteiger partial charge in [-0.05, 0) is 154 Å². The Morgan fingerprint density at radius 2 is 0.605 bits per heavy atom. The van der Waals surface area contributed by atoms with Gasteiger partial charge in [-0.3, -0.25) is 0 Å². The van der Waals surface area contributed by atoms with E-state index in [9.17, 15) is 0 Å². The first-order chi connectivity index (χ1) is 37.6. The first kappa shape index (κ1) is 42.2. The second-order valence-corrected chi connectivity index (χ2v) is 19.6. The molecule has 0 aliphatic rings. The fourth-order valence-corrected chi connectivity index (χ4v) is 11.7. The van der Waals surface area contributed by atoms with Gasteiger partial charge in [0.05, 0.1) is 11.2 Å². The van der Waals surface area contributed by atoms with Crippen molar-refractivity contribution in [2.75, 3.05) is 0 Å². The first-order valence-electron chi connectivity index (χ1n) is 25.6. The fraction of sp³-hybridized carbons (Fsp3) is 0. The molecule has 352 valence electrons. The second-order valence-electron chi connectivity index (χ2n) is 19.6. The Balaban J connectivity index is 0.961. The smallest absolute Gasteiger partial charge is 0.227 e. The third-order valence-corrected chi connectivity index (χ3v) is 15.3. The Bertz CT molecular complexity index is 4920. The maximum atomic E-state index is 6.25. The van der Waals surface area contributed by atoms with Crippen LogP contribution >= 0.6 is 0 Å². The Labute approximate surface area is 434 Å². The quantitative estimate of drug-likeness (QED) is 0.155. The number of benzene rings is 13. The molecule has 16 aromatic rings. The van der Waals surface area contributed by atoms with Gasteiger partial charge in [-0.1, -0.05) is 170 Å². The van der Waals surface area contributed by atoms with Gasteiger partial charge in [0, 0.05) is 33.2 Å². The van der Waals surface area contributed by atoms with E-state index in [2.05, 4.69) is 182 Å². The maximum Gasteiger partial charge on any atom is 0.227 e. The molecule has 0 unspecified atom stereocenters. The molecule has 0 N–H and O–H groups in total. The molecule has 0 spiro atoms. The van der Waals surface area contributed by atoms with Crippen LogP contribution in [0.2, 0.25) is 0 Å². The van der Waals surface area contributed by atoms with E-state index in [0.717, 1.165) is 83.3 Å². The standard InChI is InChI=1S/C70H40N4O2/c1-3-17-52-48(13-1)50-15-5-7-19-54(50)59-37-45(33-35-56(52)59)47-39-58(46-34-36-57-53-18-4-2-14-49(53)51-16-6-8-20-55(51)60(57)38-46)67-61(40-47)66(41-25-29-43(30-26-41)69-71-62-21-9-11-23-64(62)75-69)73-68(74-67)42-27-31-44(32-28-42)70-72-63-22-10-12-24-65(63)76-70/h1-40H. The highest BCUT2D eigenvalue weighted by molar-refractivity contribution is 6.27. The van der Waals surface area contributed by atoms with E-state index in [1.807, 2.05) is 60.7 Å². The SMILES string of the molecule is c1ccc2oc(-c3ccc(-c4nc(-c5ccc(-c6nc7ccccc7o6)cc5)c5cc(-c6ccc7c8ccccc8c8ccccc8c7c6)cc(-c6ccc7c8ccccc8c8ccccc8c7c6)c5n4)cc3)nc2c1. The van der Waals surface area contributed by atoms with Gasteiger partial charge in [0.15, 0.2) is 17.0 Å². The summed E-state index contributed by atoms with van der Waals surface area (Å²) in [6.45, 7) is 0. The molecule has 0 aliphatic carbocycles. The van der Waals surface area contributed by atoms with Gasteiger partial charge in [-0.25, -0.2) is 19.9 Å². The molecule has 0 fully saturated rings. The minimum absolute atomic E-state index is 0.563. The van der Waals surface area contributed by atoms with Gasteiger partial charge >= 0.3 is 0 Å². The number of oxazole rings is 2. The third kappa shape index (κ3) is 6.67. The van der Waals surface area contributed by atoms with Gasteiger partial charge < -0.3 is 8.83 Å². The van der Waals surface area contributed by atoms with E-state index in [-0.39, 0.29) is 0 Å². The predicted octanol–water partition coefficient (Wildman–Crippen LogP) is 18.8. The summed E-state index contributed by atoms with van der Waals surface area (Å²) in [5.74, 6) is 1.73. The molecule has 6 nitrogen and oxygen atoms in total. The van der Waals surface area contributed by atoms with Crippen molar-refractivity contribution in [1.29, 1.82) is 0 Å². The van der Waals surface area contributed by atoms with Gasteiger partial charge in [0.1, 0.15) is 11.0 Å². The Morgan fingerprint density at radius 3 is 1.09 bits per heavy atom. The Kier molecular flexibility index (Phi) is 9.23. The van der Waals surface area contributed by atoms with Crippen LogP contribution in [-0.2, 0) is 0 Å². The van der Waals surface area contributed by atoms with E-state index in [4.69, 9.17) is 28.8 Å². The van der Waals surface area contributed by atoms with Crippen LogP contribution in [-0.4, -0.2) is 19.9 Å². The third-order valence-electron chi connectivity index (χ3n) is 15.3. The number of aromatic nitrogens is 4. The van der Waals surface area contributed by atoms with Crippen molar-refractivity contribution in [2.45, 2.75) is 0 Å². The van der Waals surface area contributed by atoms with Crippen molar-refractivity contribution < 1.29 is 8.83 Å². The van der Waals surface area contributed by atoms with Crippen LogP contribution < -0.4 is 0 Å². The largest absolute Gasteiger partial charge is 0.436 e. The van der Waals surface area contributed by atoms with E-state index < -0.39 is 0 Å². The van der Waals surface area contributed by atoms with Gasteiger partial charge in [-0.15, -0.1) is 0 Å². The minimum Gasteiger partial charge on any atom is -0.436 e. The number of nitrogens with zero attached hydrogens (tertiary/aromatic N) is 4. The Hall–Kier alpha value is -10.3. The molecular weight excluding hydrogens is 929 g/mol. The van der Waals surface area contributed by atoms with Crippen molar-refractivity contribution in [1.82, 2.24) is 19.9 Å². The second kappa shape index (κ2) is 16.6. The molecule has 0 saturated carbocycles. The molecule has 13 aromatic carbocycles. The summed E-state index contributed by atoms with van der Waals surface area (Å²) in [6.07, 6.45) is 0. The molecule has 0 bridgehead atoms. The number of para-hydroxylation sites is 4. The lowest BCUT2D eigenvalue weighted by molar-refractivity contribution is 0.619. The fourth-order valence-electron chi connectivity index (χ4n) is 11.7. The number of rotatable bonds is 6. The molecule has 0 saturated heterocycles. The molecule has 0 radical (unpaired) electrons. The lowest BCUT2D eigenvalue weighted by Gasteiger charge is -2.17. The molecule has 76 heavy (non-hydrogen) atoms. The van der Waals surface area contributed by atoms with Crippen molar-refractivity contribution in [3.8, 4) is 67.8 Å². The summed E-state index contributed by atoms with van der Waals surface area (Å²) in [6, 6.07) is 85.8. The number of hydrogen-bond acceptors (Lipinski definition) is 6. The van der Waals surface area contributed by atoms with Crippen LogP contribution in [0.25, 0.3) is 166 Å². The molecule has 0 amide bonds. The van der Waals surface area contributed by atoms with Gasteiger partial charge in [0.25, 0.3) is 0 Å². The number of fused-ring (bicyclic) bond motifs is 15. The molecule has 16 rings (SSSR count). The highest BCUT2D eigenvalue weighted by Crippen LogP contribution is 2.44. The van der Waals surface area contributed by atoms with Crippen LogP contribution in [0, 0.1) is 0 Å². The van der Waals surface area contributed by atoms with Crippen LogP contribution in [0.3, 0.4) is 0 Å². The first-order valence-corrected chi connectivity index (χ1v) is 25.6. The van der Waals surface area contributed by atoms with Crippen molar-refractivity contribution in [2.24, 2.45) is 0 Å². The molecule has 0 aliphatic heterocycles. The molecule has 3 aromatic heterocycles. The minimum atomic E-state index is 0.563. The molecular formula is C70H40N4O2. The topological polar surface area (TPSA) is 77.8 Å². The van der Waals surface area contributed by atoms with Crippen LogP contribution in [0.4, 0.5) is 0 Å². The monoisotopic (exact) mass is 968 g/mol. The zero-order chi connectivity index (χ0) is 49.8. The summed E-state index contributed by atoms with van der Waals surface area (Å²) in [7, 11) is 0. The lowest BCUT2D eigenvalue weighted by atomic mass is 9.88. The highest BCUT2D eigenvalue weighted by atomic mass is 16.4. The van der Waals surface area contributed by atoms with Crippen molar-refractivity contribution in [3.63, 3.8) is 0 Å². The van der Waals surface area contributed by atoms with Crippen LogP contribution in [0.1, 0.15) is 0 Å². The Morgan fingerprint density at radius 1 is 0.237 bits per heavy atom. The van der Waals surface area contributed by atoms with Gasteiger partial charge in [0.2, 0.25) is 11.8 Å².